The number of benzene rings is 2. The van der Waals surface area contributed by atoms with E-state index in [1.807, 2.05) is 24.3 Å². The van der Waals surface area contributed by atoms with Crippen molar-refractivity contribution in [3.63, 3.8) is 0 Å². The zero-order chi connectivity index (χ0) is 20.4. The van der Waals surface area contributed by atoms with E-state index in [1.165, 1.54) is 5.56 Å². The second kappa shape index (κ2) is 11.1. The number of unbranched alkanes of at least 4 members (excludes halogenated alkanes) is 2. The zero-order valence-corrected chi connectivity index (χ0v) is 16.9. The normalized spacial score (nSPS) is 11.5. The van der Waals surface area contributed by atoms with Crippen molar-refractivity contribution in [3.8, 4) is 5.75 Å². The van der Waals surface area contributed by atoms with Gasteiger partial charge in [-0.25, -0.2) is 4.79 Å². The molecule has 0 aliphatic heterocycles. The van der Waals surface area contributed by atoms with E-state index >= 15 is 0 Å². The number of hydrogen-bond donors (Lipinski definition) is 1. The first kappa shape index (κ1) is 21.5. The number of carbonyl (C=O) groups is 2. The Balaban J connectivity index is 1.84. The Labute approximate surface area is 167 Å². The monoisotopic (exact) mass is 383 g/mol. The number of ether oxygens (including phenoxy) is 2. The lowest BCUT2D eigenvalue weighted by atomic mass is 10.2. The largest absolute Gasteiger partial charge is 0.481 e. The Morgan fingerprint density at radius 2 is 1.64 bits per heavy atom. The van der Waals surface area contributed by atoms with Crippen molar-refractivity contribution in [2.45, 2.75) is 52.6 Å². The summed E-state index contributed by atoms with van der Waals surface area (Å²) in [6, 6.07) is 14.4. The molecule has 2 aromatic carbocycles. The van der Waals surface area contributed by atoms with Crippen LogP contribution in [-0.4, -0.2) is 24.6 Å². The highest BCUT2D eigenvalue weighted by Gasteiger charge is 2.15. The van der Waals surface area contributed by atoms with E-state index in [0.29, 0.717) is 23.6 Å². The van der Waals surface area contributed by atoms with Gasteiger partial charge in [-0.05, 0) is 61.7 Å². The molecule has 0 saturated heterocycles. The lowest BCUT2D eigenvalue weighted by Crippen LogP contribution is -2.30. The van der Waals surface area contributed by atoms with Gasteiger partial charge in [0.15, 0.2) is 6.10 Å². The van der Waals surface area contributed by atoms with Crippen LogP contribution in [0.3, 0.4) is 0 Å². The number of aryl methyl sites for hydroxylation is 1. The van der Waals surface area contributed by atoms with Crippen molar-refractivity contribution < 1.29 is 19.1 Å². The van der Waals surface area contributed by atoms with Crippen molar-refractivity contribution in [1.82, 2.24) is 0 Å². The molecule has 150 valence electrons. The summed E-state index contributed by atoms with van der Waals surface area (Å²) in [6.07, 6.45) is 3.31. The van der Waals surface area contributed by atoms with Crippen LogP contribution in [0.4, 0.5) is 5.69 Å². The number of nitrogens with one attached hydrogen (secondary N) is 1. The quantitative estimate of drug-likeness (QED) is 0.463. The molecule has 1 N–H and O–H groups in total. The van der Waals surface area contributed by atoms with Crippen LogP contribution in [0.25, 0.3) is 0 Å². The van der Waals surface area contributed by atoms with Gasteiger partial charge in [0.05, 0.1) is 12.2 Å². The highest BCUT2D eigenvalue weighted by atomic mass is 16.5. The van der Waals surface area contributed by atoms with Gasteiger partial charge in [0.2, 0.25) is 0 Å². The Bertz CT molecular complexity index is 753. The second-order valence-electron chi connectivity index (χ2n) is 6.67. The number of amides is 1. The highest BCUT2D eigenvalue weighted by Crippen LogP contribution is 2.16. The van der Waals surface area contributed by atoms with E-state index in [2.05, 4.69) is 19.2 Å². The molecule has 0 heterocycles. The molecule has 0 spiro atoms. The Morgan fingerprint density at radius 1 is 0.964 bits per heavy atom. The predicted molar refractivity (Wildman–Crippen MR) is 111 cm³/mol. The van der Waals surface area contributed by atoms with Crippen molar-refractivity contribution in [1.29, 1.82) is 0 Å². The van der Waals surface area contributed by atoms with Gasteiger partial charge in [0.1, 0.15) is 5.75 Å². The number of esters is 1. The molecule has 5 nitrogen and oxygen atoms in total. The van der Waals surface area contributed by atoms with Crippen LogP contribution in [0.15, 0.2) is 48.5 Å². The van der Waals surface area contributed by atoms with Gasteiger partial charge < -0.3 is 14.8 Å². The summed E-state index contributed by atoms with van der Waals surface area (Å²) in [7, 11) is 0. The van der Waals surface area contributed by atoms with Crippen LogP contribution >= 0.6 is 0 Å². The maximum atomic E-state index is 12.3. The van der Waals surface area contributed by atoms with Crippen LogP contribution in [0.1, 0.15) is 56.0 Å². The average molecular weight is 383 g/mol. The van der Waals surface area contributed by atoms with Crippen LogP contribution in [-0.2, 0) is 16.0 Å². The van der Waals surface area contributed by atoms with E-state index in [0.717, 1.165) is 25.7 Å². The first-order chi connectivity index (χ1) is 13.5. The molecular weight excluding hydrogens is 354 g/mol. The lowest BCUT2D eigenvalue weighted by molar-refractivity contribution is -0.122. The predicted octanol–water partition coefficient (Wildman–Crippen LogP) is 5.00. The standard InChI is InChI=1S/C23H29NO4/c1-4-6-7-16-27-23(26)19-10-12-20(13-11-19)24-22(25)17(3)28-21-14-8-18(5-2)9-15-21/h8-15,17H,4-7,16H2,1-3H3,(H,24,25). The van der Waals surface area contributed by atoms with Crippen LogP contribution in [0, 0.1) is 0 Å². The number of rotatable bonds is 10. The summed E-state index contributed by atoms with van der Waals surface area (Å²) in [5.74, 6) is 0.0525. The molecular formula is C23H29NO4. The van der Waals surface area contributed by atoms with E-state index in [9.17, 15) is 9.59 Å². The number of hydrogen-bond acceptors (Lipinski definition) is 4. The molecule has 2 rings (SSSR count). The fourth-order valence-electron chi connectivity index (χ4n) is 2.60. The third kappa shape index (κ3) is 6.72. The molecule has 1 unspecified atom stereocenters. The van der Waals surface area contributed by atoms with Gasteiger partial charge >= 0.3 is 5.97 Å². The highest BCUT2D eigenvalue weighted by molar-refractivity contribution is 5.95. The number of carbonyl (C=O) groups excluding carboxylic acids is 2. The molecule has 5 heteroatoms. The third-order valence-electron chi connectivity index (χ3n) is 4.38. The lowest BCUT2D eigenvalue weighted by Gasteiger charge is -2.15. The van der Waals surface area contributed by atoms with Gasteiger partial charge in [0, 0.05) is 5.69 Å². The third-order valence-corrected chi connectivity index (χ3v) is 4.38. The van der Waals surface area contributed by atoms with Crippen molar-refractivity contribution in [2.24, 2.45) is 0 Å². The molecule has 1 amide bonds. The van der Waals surface area contributed by atoms with Gasteiger partial charge in [-0.3, -0.25) is 4.79 Å². The maximum absolute atomic E-state index is 12.3. The van der Waals surface area contributed by atoms with Gasteiger partial charge in [0.25, 0.3) is 5.91 Å². The molecule has 0 saturated carbocycles. The summed E-state index contributed by atoms with van der Waals surface area (Å²) >= 11 is 0. The molecule has 0 fully saturated rings. The van der Waals surface area contributed by atoms with Crippen molar-refractivity contribution >= 4 is 17.6 Å². The van der Waals surface area contributed by atoms with E-state index in [-0.39, 0.29) is 11.9 Å². The number of anilines is 1. The summed E-state index contributed by atoms with van der Waals surface area (Å²) < 4.78 is 10.9. The minimum atomic E-state index is -0.643. The molecule has 0 aliphatic rings. The van der Waals surface area contributed by atoms with Crippen molar-refractivity contribution in [3.05, 3.63) is 59.7 Å². The Morgan fingerprint density at radius 3 is 2.25 bits per heavy atom. The zero-order valence-electron chi connectivity index (χ0n) is 16.9. The Hall–Kier alpha value is -2.82. The van der Waals surface area contributed by atoms with Gasteiger partial charge in [-0.15, -0.1) is 0 Å². The SMILES string of the molecule is CCCCCOC(=O)c1ccc(NC(=O)C(C)Oc2ccc(CC)cc2)cc1. The summed E-state index contributed by atoms with van der Waals surface area (Å²) in [6.45, 7) is 6.32. The van der Waals surface area contributed by atoms with Crippen LogP contribution in [0.5, 0.6) is 5.75 Å². The van der Waals surface area contributed by atoms with Crippen LogP contribution < -0.4 is 10.1 Å². The second-order valence-corrected chi connectivity index (χ2v) is 6.67. The molecule has 0 aromatic heterocycles. The fourth-order valence-corrected chi connectivity index (χ4v) is 2.60. The first-order valence-corrected chi connectivity index (χ1v) is 9.87. The topological polar surface area (TPSA) is 64.6 Å². The summed E-state index contributed by atoms with van der Waals surface area (Å²) in [4.78, 5) is 24.3. The molecule has 2 aromatic rings. The molecule has 0 aliphatic carbocycles. The van der Waals surface area contributed by atoms with Gasteiger partial charge in [-0.2, -0.15) is 0 Å². The van der Waals surface area contributed by atoms with Crippen LogP contribution in [0.2, 0.25) is 0 Å². The molecule has 1 atom stereocenters. The summed E-state index contributed by atoms with van der Waals surface area (Å²) in [5.41, 5.74) is 2.28. The molecule has 28 heavy (non-hydrogen) atoms. The molecule has 0 bridgehead atoms. The minimum Gasteiger partial charge on any atom is -0.481 e. The van der Waals surface area contributed by atoms with Crippen molar-refractivity contribution in [2.75, 3.05) is 11.9 Å². The maximum Gasteiger partial charge on any atom is 0.338 e. The fraction of sp³-hybridized carbons (Fsp3) is 0.391. The molecule has 0 radical (unpaired) electrons. The Kier molecular flexibility index (Phi) is 8.53. The van der Waals surface area contributed by atoms with Gasteiger partial charge in [-0.1, -0.05) is 38.8 Å². The average Bonchev–Trinajstić information content (AvgIpc) is 2.72. The first-order valence-electron chi connectivity index (χ1n) is 9.87. The smallest absolute Gasteiger partial charge is 0.338 e. The van der Waals surface area contributed by atoms with E-state index in [4.69, 9.17) is 9.47 Å². The van der Waals surface area contributed by atoms with E-state index < -0.39 is 6.10 Å². The summed E-state index contributed by atoms with van der Waals surface area (Å²) in [5, 5.41) is 2.79. The minimum absolute atomic E-state index is 0.255. The van der Waals surface area contributed by atoms with E-state index in [1.54, 1.807) is 31.2 Å².